The van der Waals surface area contributed by atoms with Crippen molar-refractivity contribution in [3.8, 4) is 5.88 Å². The summed E-state index contributed by atoms with van der Waals surface area (Å²) in [4.78, 5) is 4.64. The summed E-state index contributed by atoms with van der Waals surface area (Å²) in [5.41, 5.74) is 2.39. The average molecular weight is 292 g/mol. The van der Waals surface area contributed by atoms with Crippen LogP contribution in [-0.2, 0) is 13.0 Å². The van der Waals surface area contributed by atoms with Crippen LogP contribution in [0.5, 0.6) is 5.88 Å². The van der Waals surface area contributed by atoms with Crippen molar-refractivity contribution < 1.29 is 4.74 Å². The molecule has 1 aromatic heterocycles. The normalized spacial score (nSPS) is 12.4. The Bertz CT molecular complexity index is 369. The molecule has 120 valence electrons. The molecule has 0 fully saturated rings. The first-order chi connectivity index (χ1) is 10.2. The van der Waals surface area contributed by atoms with E-state index in [1.54, 1.807) is 0 Å². The van der Waals surface area contributed by atoms with Gasteiger partial charge in [-0.1, -0.05) is 39.5 Å². The van der Waals surface area contributed by atoms with Crippen LogP contribution in [0.1, 0.15) is 70.6 Å². The van der Waals surface area contributed by atoms with Crippen molar-refractivity contribution in [1.82, 2.24) is 10.3 Å². The molecule has 1 rings (SSSR count). The van der Waals surface area contributed by atoms with Crippen LogP contribution in [-0.4, -0.2) is 18.1 Å². The number of rotatable bonds is 11. The van der Waals surface area contributed by atoms with Gasteiger partial charge in [-0.25, -0.2) is 4.98 Å². The topological polar surface area (TPSA) is 34.1 Å². The van der Waals surface area contributed by atoms with Gasteiger partial charge in [-0.2, -0.15) is 0 Å². The Morgan fingerprint density at radius 2 is 1.95 bits per heavy atom. The van der Waals surface area contributed by atoms with Gasteiger partial charge in [0.2, 0.25) is 5.88 Å². The van der Waals surface area contributed by atoms with Crippen LogP contribution in [0.4, 0.5) is 0 Å². The molecular formula is C18H32N2O. The van der Waals surface area contributed by atoms with Gasteiger partial charge in [0, 0.05) is 18.3 Å². The van der Waals surface area contributed by atoms with Crippen LogP contribution in [0.15, 0.2) is 12.1 Å². The second-order valence-corrected chi connectivity index (χ2v) is 5.86. The first-order valence-corrected chi connectivity index (χ1v) is 8.50. The van der Waals surface area contributed by atoms with Gasteiger partial charge in [0.15, 0.2) is 0 Å². The minimum atomic E-state index is 0.244. The van der Waals surface area contributed by atoms with E-state index in [0.717, 1.165) is 37.4 Å². The fourth-order valence-electron chi connectivity index (χ4n) is 2.49. The van der Waals surface area contributed by atoms with Crippen molar-refractivity contribution in [3.63, 3.8) is 0 Å². The van der Waals surface area contributed by atoms with E-state index >= 15 is 0 Å². The molecule has 21 heavy (non-hydrogen) atoms. The second-order valence-electron chi connectivity index (χ2n) is 5.86. The van der Waals surface area contributed by atoms with Crippen molar-refractivity contribution in [2.45, 2.75) is 78.4 Å². The Morgan fingerprint density at radius 3 is 2.62 bits per heavy atom. The van der Waals surface area contributed by atoms with E-state index in [-0.39, 0.29) is 6.10 Å². The molecular weight excluding hydrogens is 260 g/mol. The number of pyridine rings is 1. The fourth-order valence-corrected chi connectivity index (χ4v) is 2.49. The van der Waals surface area contributed by atoms with Crippen LogP contribution >= 0.6 is 0 Å². The Morgan fingerprint density at radius 1 is 1.14 bits per heavy atom. The Labute approximate surface area is 130 Å². The molecule has 3 nitrogen and oxygen atoms in total. The number of nitrogens with one attached hydrogen (secondary N) is 1. The van der Waals surface area contributed by atoms with Gasteiger partial charge in [-0.15, -0.1) is 0 Å². The molecule has 0 radical (unpaired) electrons. The molecule has 0 saturated heterocycles. The van der Waals surface area contributed by atoms with Crippen molar-refractivity contribution >= 4 is 0 Å². The summed E-state index contributed by atoms with van der Waals surface area (Å²) in [7, 11) is 1.97. The van der Waals surface area contributed by atoms with Crippen LogP contribution in [0.3, 0.4) is 0 Å². The summed E-state index contributed by atoms with van der Waals surface area (Å²) in [6.45, 7) is 7.44. The number of hydrogen-bond acceptors (Lipinski definition) is 3. The Balaban J connectivity index is 2.58. The number of unbranched alkanes of at least 4 members (excludes halogenated alkanes) is 3. The quantitative estimate of drug-likeness (QED) is 0.610. The number of aryl methyl sites for hydroxylation is 1. The first-order valence-electron chi connectivity index (χ1n) is 8.50. The third kappa shape index (κ3) is 7.47. The lowest BCUT2D eigenvalue weighted by atomic mass is 10.1. The van der Waals surface area contributed by atoms with Crippen LogP contribution in [0.25, 0.3) is 0 Å². The summed E-state index contributed by atoms with van der Waals surface area (Å²) in [5, 5.41) is 3.20. The van der Waals surface area contributed by atoms with Crippen molar-refractivity contribution in [3.05, 3.63) is 23.4 Å². The van der Waals surface area contributed by atoms with Crippen molar-refractivity contribution in [2.75, 3.05) is 7.05 Å². The zero-order valence-corrected chi connectivity index (χ0v) is 14.2. The van der Waals surface area contributed by atoms with E-state index < -0.39 is 0 Å². The average Bonchev–Trinajstić information content (AvgIpc) is 2.44. The highest BCUT2D eigenvalue weighted by atomic mass is 16.5. The van der Waals surface area contributed by atoms with Gasteiger partial charge >= 0.3 is 0 Å². The van der Waals surface area contributed by atoms with Gasteiger partial charge < -0.3 is 10.1 Å². The van der Waals surface area contributed by atoms with Crippen molar-refractivity contribution in [1.29, 1.82) is 0 Å². The second kappa shape index (κ2) is 10.6. The molecule has 1 N–H and O–H groups in total. The van der Waals surface area contributed by atoms with Gasteiger partial charge in [0.1, 0.15) is 0 Å². The lowest BCUT2D eigenvalue weighted by molar-refractivity contribution is 0.197. The number of ether oxygens (including phenoxy) is 1. The lowest BCUT2D eigenvalue weighted by Crippen LogP contribution is -2.14. The lowest BCUT2D eigenvalue weighted by Gasteiger charge is -2.15. The molecule has 0 aliphatic rings. The van der Waals surface area contributed by atoms with Crippen molar-refractivity contribution in [2.24, 2.45) is 0 Å². The van der Waals surface area contributed by atoms with E-state index in [0.29, 0.717) is 0 Å². The summed E-state index contributed by atoms with van der Waals surface area (Å²) in [5.74, 6) is 0.786. The maximum absolute atomic E-state index is 6.03. The summed E-state index contributed by atoms with van der Waals surface area (Å²) in [6.07, 6.45) is 8.63. The minimum Gasteiger partial charge on any atom is -0.475 e. The van der Waals surface area contributed by atoms with Gasteiger partial charge in [0.05, 0.1) is 6.10 Å². The molecule has 0 aliphatic carbocycles. The van der Waals surface area contributed by atoms with Crippen LogP contribution in [0, 0.1) is 0 Å². The zero-order chi connectivity index (χ0) is 15.5. The standard InChI is InChI=1S/C18H32N2O/c1-5-7-8-9-11-15(3)21-18-13-16(14-19-4)12-17(20-18)10-6-2/h12-13,15,19H,5-11,14H2,1-4H3. The largest absolute Gasteiger partial charge is 0.475 e. The van der Waals surface area contributed by atoms with E-state index in [9.17, 15) is 0 Å². The highest BCUT2D eigenvalue weighted by Gasteiger charge is 2.08. The smallest absolute Gasteiger partial charge is 0.214 e. The maximum Gasteiger partial charge on any atom is 0.214 e. The zero-order valence-electron chi connectivity index (χ0n) is 14.2. The van der Waals surface area contributed by atoms with Gasteiger partial charge in [-0.3, -0.25) is 0 Å². The van der Waals surface area contributed by atoms with Gasteiger partial charge in [0.25, 0.3) is 0 Å². The fraction of sp³-hybridized carbons (Fsp3) is 0.722. The van der Waals surface area contributed by atoms with E-state index in [4.69, 9.17) is 4.74 Å². The number of nitrogens with zero attached hydrogens (tertiary/aromatic N) is 1. The molecule has 0 spiro atoms. The summed E-state index contributed by atoms with van der Waals surface area (Å²) >= 11 is 0. The molecule has 3 heteroatoms. The third-order valence-corrected chi connectivity index (χ3v) is 3.59. The molecule has 0 aromatic carbocycles. The van der Waals surface area contributed by atoms with Crippen LogP contribution < -0.4 is 10.1 Å². The monoisotopic (exact) mass is 292 g/mol. The molecule has 0 aliphatic heterocycles. The third-order valence-electron chi connectivity index (χ3n) is 3.59. The summed E-state index contributed by atoms with van der Waals surface area (Å²) < 4.78 is 6.03. The predicted molar refractivity (Wildman–Crippen MR) is 89.8 cm³/mol. The van der Waals surface area contributed by atoms with E-state index in [2.05, 4.69) is 43.2 Å². The number of aromatic nitrogens is 1. The van der Waals surface area contributed by atoms with E-state index in [1.165, 1.54) is 31.2 Å². The maximum atomic E-state index is 6.03. The first kappa shape index (κ1) is 18.0. The molecule has 1 aromatic rings. The van der Waals surface area contributed by atoms with E-state index in [1.807, 2.05) is 7.05 Å². The van der Waals surface area contributed by atoms with Crippen LogP contribution in [0.2, 0.25) is 0 Å². The molecule has 1 atom stereocenters. The Kier molecular flexibility index (Phi) is 9.07. The minimum absolute atomic E-state index is 0.244. The highest BCUT2D eigenvalue weighted by molar-refractivity contribution is 5.25. The number of hydrogen-bond donors (Lipinski definition) is 1. The molecule has 1 heterocycles. The molecule has 0 saturated carbocycles. The highest BCUT2D eigenvalue weighted by Crippen LogP contribution is 2.17. The summed E-state index contributed by atoms with van der Waals surface area (Å²) in [6, 6.07) is 4.25. The predicted octanol–water partition coefficient (Wildman–Crippen LogP) is 4.49. The molecule has 0 amide bonds. The van der Waals surface area contributed by atoms with Gasteiger partial charge in [-0.05, 0) is 44.9 Å². The molecule has 0 bridgehead atoms. The molecule has 1 unspecified atom stereocenters. The SMILES string of the molecule is CCCCCCC(C)Oc1cc(CNC)cc(CCC)n1. The Hall–Kier alpha value is -1.09.